The molecule has 0 bridgehead atoms. The summed E-state index contributed by atoms with van der Waals surface area (Å²) in [5.74, 6) is -1.86. The molecule has 144 valence electrons. The fraction of sp³-hybridized carbons (Fsp3) is 0.381. The van der Waals surface area contributed by atoms with Gasteiger partial charge in [0.2, 0.25) is 0 Å². The molecule has 0 unspecified atom stereocenters. The first kappa shape index (κ1) is 19.1. The monoisotopic (exact) mass is 375 g/mol. The molecule has 1 atom stereocenters. The van der Waals surface area contributed by atoms with E-state index in [1.54, 1.807) is 19.9 Å². The fourth-order valence-electron chi connectivity index (χ4n) is 3.71. The van der Waals surface area contributed by atoms with Crippen LogP contribution in [0.5, 0.6) is 5.75 Å². The number of ether oxygens (including phenoxy) is 1. The molecular formula is C21H23F2NO3. The lowest BCUT2D eigenvalue weighted by Gasteiger charge is -2.27. The third-order valence-electron chi connectivity index (χ3n) is 4.83. The number of nitrogens with one attached hydrogen (secondary N) is 1. The number of fused-ring (bicyclic) bond motifs is 1. The lowest BCUT2D eigenvalue weighted by atomic mass is 9.85. The maximum absolute atomic E-state index is 14.3. The number of halogens is 2. The zero-order valence-electron chi connectivity index (χ0n) is 15.8. The van der Waals surface area contributed by atoms with Crippen molar-refractivity contribution in [1.82, 2.24) is 5.32 Å². The third kappa shape index (κ3) is 3.75. The summed E-state index contributed by atoms with van der Waals surface area (Å²) in [5.41, 5.74) is 2.67. The second-order valence-corrected chi connectivity index (χ2v) is 7.90. The molecule has 3 rings (SSSR count). The summed E-state index contributed by atoms with van der Waals surface area (Å²) in [6.45, 7) is 7.39. The Labute approximate surface area is 157 Å². The van der Waals surface area contributed by atoms with Crippen molar-refractivity contribution in [2.75, 3.05) is 0 Å². The van der Waals surface area contributed by atoms with Crippen LogP contribution in [0.4, 0.5) is 13.6 Å². The number of carboxylic acid groups (broad SMARTS) is 1. The van der Waals surface area contributed by atoms with Crippen LogP contribution in [0, 0.1) is 17.0 Å². The molecule has 0 aliphatic heterocycles. The predicted molar refractivity (Wildman–Crippen MR) is 98.9 cm³/mol. The fourth-order valence-corrected chi connectivity index (χ4v) is 3.71. The van der Waals surface area contributed by atoms with E-state index in [4.69, 9.17) is 9.84 Å². The van der Waals surface area contributed by atoms with E-state index in [1.165, 1.54) is 12.1 Å². The van der Waals surface area contributed by atoms with Crippen molar-refractivity contribution in [2.24, 2.45) is 5.41 Å². The summed E-state index contributed by atoms with van der Waals surface area (Å²) in [7, 11) is 0. The van der Waals surface area contributed by atoms with Gasteiger partial charge in [0, 0.05) is 0 Å². The van der Waals surface area contributed by atoms with Crippen LogP contribution in [0.25, 0.3) is 11.1 Å². The van der Waals surface area contributed by atoms with Gasteiger partial charge in [0.05, 0.1) is 12.1 Å². The Morgan fingerprint density at radius 3 is 2.37 bits per heavy atom. The van der Waals surface area contributed by atoms with Gasteiger partial charge in [-0.2, -0.15) is 0 Å². The van der Waals surface area contributed by atoms with Crippen LogP contribution >= 0.6 is 0 Å². The minimum Gasteiger partial charge on any atom is -0.485 e. The molecule has 1 amide bonds. The van der Waals surface area contributed by atoms with Crippen molar-refractivity contribution in [3.8, 4) is 16.9 Å². The van der Waals surface area contributed by atoms with Crippen LogP contribution in [0.15, 0.2) is 30.3 Å². The van der Waals surface area contributed by atoms with Gasteiger partial charge in [0.15, 0.2) is 17.4 Å². The average molecular weight is 375 g/mol. The van der Waals surface area contributed by atoms with E-state index in [1.807, 2.05) is 26.0 Å². The minimum absolute atomic E-state index is 0.287. The van der Waals surface area contributed by atoms with Gasteiger partial charge in [-0.15, -0.1) is 0 Å². The Morgan fingerprint density at radius 2 is 1.81 bits per heavy atom. The molecule has 1 aliphatic rings. The summed E-state index contributed by atoms with van der Waals surface area (Å²) in [6, 6.07) is 7.65. The molecule has 0 saturated carbocycles. The van der Waals surface area contributed by atoms with Gasteiger partial charge < -0.3 is 15.2 Å². The van der Waals surface area contributed by atoms with Crippen LogP contribution in [0.3, 0.4) is 0 Å². The number of hydrogen-bond donors (Lipinski definition) is 2. The molecule has 1 aliphatic carbocycles. The highest BCUT2D eigenvalue weighted by Gasteiger charge is 2.40. The van der Waals surface area contributed by atoms with E-state index in [0.717, 1.165) is 11.1 Å². The molecular weight excluding hydrogens is 352 g/mol. The van der Waals surface area contributed by atoms with Gasteiger partial charge in [-0.1, -0.05) is 32.0 Å². The predicted octanol–water partition coefficient (Wildman–Crippen LogP) is 5.31. The molecule has 27 heavy (non-hydrogen) atoms. The quantitative estimate of drug-likeness (QED) is 0.761. The molecule has 0 radical (unpaired) electrons. The largest absolute Gasteiger partial charge is 0.485 e. The van der Waals surface area contributed by atoms with Crippen molar-refractivity contribution in [3.05, 3.63) is 53.1 Å². The summed E-state index contributed by atoms with van der Waals surface area (Å²) in [6.07, 6.45) is -0.740. The van der Waals surface area contributed by atoms with Crippen molar-refractivity contribution < 1.29 is 23.4 Å². The summed E-state index contributed by atoms with van der Waals surface area (Å²) >= 11 is 0. The molecule has 0 aromatic heterocycles. The number of carbonyl (C=O) groups is 1. The molecule has 2 N–H and O–H groups in total. The molecule has 0 saturated heterocycles. The van der Waals surface area contributed by atoms with Gasteiger partial charge in [-0.05, 0) is 60.1 Å². The van der Waals surface area contributed by atoms with E-state index >= 15 is 0 Å². The van der Waals surface area contributed by atoms with Crippen molar-refractivity contribution in [1.29, 1.82) is 0 Å². The number of benzene rings is 2. The lowest BCUT2D eigenvalue weighted by Crippen LogP contribution is -2.34. The van der Waals surface area contributed by atoms with Crippen LogP contribution in [-0.2, 0) is 6.42 Å². The lowest BCUT2D eigenvalue weighted by molar-refractivity contribution is 0.175. The molecule has 2 aromatic carbocycles. The maximum atomic E-state index is 14.3. The van der Waals surface area contributed by atoms with Crippen molar-refractivity contribution in [2.45, 2.75) is 46.3 Å². The van der Waals surface area contributed by atoms with E-state index in [0.29, 0.717) is 17.5 Å². The second-order valence-electron chi connectivity index (χ2n) is 7.90. The zero-order valence-corrected chi connectivity index (χ0v) is 15.8. The Bertz CT molecular complexity index is 870. The van der Waals surface area contributed by atoms with Crippen LogP contribution in [0.2, 0.25) is 0 Å². The summed E-state index contributed by atoms with van der Waals surface area (Å²) in [5, 5.41) is 11.7. The minimum atomic E-state index is -1.07. The smallest absolute Gasteiger partial charge is 0.405 e. The van der Waals surface area contributed by atoms with E-state index in [2.05, 4.69) is 5.32 Å². The first-order valence-corrected chi connectivity index (χ1v) is 8.87. The number of rotatable bonds is 4. The molecule has 0 heterocycles. The normalized spacial score (nSPS) is 17.7. The Kier molecular flexibility index (Phi) is 4.84. The van der Waals surface area contributed by atoms with E-state index < -0.39 is 17.7 Å². The average Bonchev–Trinajstić information content (AvgIpc) is 2.79. The number of amides is 1. The standard InChI is InChI=1S/C21H23F2NO3/c1-11(2)27-18-16(22)8-13(9-17(18)23)12-5-6-15-14(7-12)10-21(3,4)19(15)24-20(25)26/h5-9,11,19,24H,10H2,1-4H3,(H,25,26)/t19-/m0/s1. The van der Waals surface area contributed by atoms with Crippen molar-refractivity contribution >= 4 is 6.09 Å². The zero-order chi connectivity index (χ0) is 19.9. The highest BCUT2D eigenvalue weighted by molar-refractivity contribution is 5.69. The van der Waals surface area contributed by atoms with Gasteiger partial charge in [-0.3, -0.25) is 0 Å². The second kappa shape index (κ2) is 6.83. The molecule has 0 spiro atoms. The van der Waals surface area contributed by atoms with Gasteiger partial charge in [0.1, 0.15) is 0 Å². The highest BCUT2D eigenvalue weighted by Crippen LogP contribution is 2.46. The Morgan fingerprint density at radius 1 is 1.19 bits per heavy atom. The van der Waals surface area contributed by atoms with Gasteiger partial charge in [-0.25, -0.2) is 13.6 Å². The molecule has 2 aromatic rings. The van der Waals surface area contributed by atoms with E-state index in [-0.39, 0.29) is 23.3 Å². The van der Waals surface area contributed by atoms with E-state index in [9.17, 15) is 13.6 Å². The van der Waals surface area contributed by atoms with Crippen LogP contribution < -0.4 is 10.1 Å². The maximum Gasteiger partial charge on any atom is 0.405 e. The molecule has 6 heteroatoms. The van der Waals surface area contributed by atoms with Gasteiger partial charge in [0.25, 0.3) is 0 Å². The summed E-state index contributed by atoms with van der Waals surface area (Å²) in [4.78, 5) is 11.1. The number of hydrogen-bond acceptors (Lipinski definition) is 2. The first-order valence-electron chi connectivity index (χ1n) is 8.87. The first-order chi connectivity index (χ1) is 12.6. The Balaban J connectivity index is 1.98. The highest BCUT2D eigenvalue weighted by atomic mass is 19.1. The molecule has 4 nitrogen and oxygen atoms in total. The van der Waals surface area contributed by atoms with Gasteiger partial charge >= 0.3 is 6.09 Å². The topological polar surface area (TPSA) is 58.6 Å². The molecule has 0 fully saturated rings. The van der Waals surface area contributed by atoms with Crippen molar-refractivity contribution in [3.63, 3.8) is 0 Å². The third-order valence-corrected chi connectivity index (χ3v) is 4.83. The van der Waals surface area contributed by atoms with Crippen LogP contribution in [-0.4, -0.2) is 17.3 Å². The van der Waals surface area contributed by atoms with Crippen LogP contribution in [0.1, 0.15) is 44.9 Å². The summed E-state index contributed by atoms with van der Waals surface area (Å²) < 4.78 is 33.8. The Hall–Kier alpha value is -2.63. The SMILES string of the molecule is CC(C)Oc1c(F)cc(-c2ccc3c(c2)CC(C)(C)[C@H]3NC(=O)O)cc1F.